The van der Waals surface area contributed by atoms with Crippen molar-refractivity contribution in [3.05, 3.63) is 96.1 Å². The maximum atomic E-state index is 13.3. The third-order valence-corrected chi connectivity index (χ3v) is 8.04. The quantitative estimate of drug-likeness (QED) is 0.266. The maximum absolute atomic E-state index is 13.3. The Morgan fingerprint density at radius 3 is 2.59 bits per heavy atom. The molecule has 0 bridgehead atoms. The lowest BCUT2D eigenvalue weighted by atomic mass is 10.1. The van der Waals surface area contributed by atoms with E-state index in [2.05, 4.69) is 5.32 Å². The zero-order valence-corrected chi connectivity index (χ0v) is 21.7. The summed E-state index contributed by atoms with van der Waals surface area (Å²) in [4.78, 5) is 12.9. The van der Waals surface area contributed by atoms with Crippen molar-refractivity contribution < 1.29 is 22.4 Å². The molecular weight excluding hydrogens is 518 g/mol. The molecule has 0 spiro atoms. The van der Waals surface area contributed by atoms with Crippen molar-refractivity contribution in [1.29, 1.82) is 5.26 Å². The molecule has 1 amide bonds. The molecule has 4 aromatic rings. The van der Waals surface area contributed by atoms with Crippen molar-refractivity contribution in [2.24, 2.45) is 0 Å². The first-order valence-corrected chi connectivity index (χ1v) is 13.7. The largest absolute Gasteiger partial charge is 0.467 e. The van der Waals surface area contributed by atoms with Gasteiger partial charge in [0.05, 0.1) is 36.6 Å². The van der Waals surface area contributed by atoms with Gasteiger partial charge in [0.15, 0.2) is 0 Å². The Kier molecular flexibility index (Phi) is 7.69. The zero-order valence-electron chi connectivity index (χ0n) is 20.9. The van der Waals surface area contributed by atoms with Crippen LogP contribution in [0, 0.1) is 11.3 Å². The van der Waals surface area contributed by atoms with Crippen LogP contribution in [0.3, 0.4) is 0 Å². The van der Waals surface area contributed by atoms with Crippen LogP contribution in [0.25, 0.3) is 23.0 Å². The average molecular weight is 544 g/mol. The van der Waals surface area contributed by atoms with E-state index >= 15 is 0 Å². The number of para-hydroxylation sites is 1. The second kappa shape index (κ2) is 11.5. The van der Waals surface area contributed by atoms with Gasteiger partial charge in [-0.15, -0.1) is 0 Å². The van der Waals surface area contributed by atoms with Crippen LogP contribution in [0.2, 0.25) is 0 Å². The van der Waals surface area contributed by atoms with E-state index in [9.17, 15) is 18.5 Å². The number of aromatic nitrogens is 2. The van der Waals surface area contributed by atoms with Gasteiger partial charge in [-0.05, 0) is 42.5 Å². The van der Waals surface area contributed by atoms with Crippen LogP contribution in [-0.4, -0.2) is 54.7 Å². The fraction of sp³-hybridized carbons (Fsp3) is 0.179. The van der Waals surface area contributed by atoms with E-state index in [1.165, 1.54) is 16.6 Å². The predicted octanol–water partition coefficient (Wildman–Crippen LogP) is 3.38. The molecule has 0 unspecified atom stereocenters. The minimum Gasteiger partial charge on any atom is -0.467 e. The van der Waals surface area contributed by atoms with Gasteiger partial charge in [-0.1, -0.05) is 30.3 Å². The number of carbonyl (C=O) groups excluding carboxylic acids is 1. The van der Waals surface area contributed by atoms with E-state index in [-0.39, 0.29) is 30.1 Å². The summed E-state index contributed by atoms with van der Waals surface area (Å²) in [5.74, 6) is -0.0209. The minimum absolute atomic E-state index is 0.127. The Morgan fingerprint density at radius 1 is 1.08 bits per heavy atom. The van der Waals surface area contributed by atoms with Crippen LogP contribution in [0.4, 0.5) is 0 Å². The molecule has 1 aliphatic heterocycles. The summed E-state index contributed by atoms with van der Waals surface area (Å²) in [7, 11) is -3.74. The smallest absolute Gasteiger partial charge is 0.262 e. The minimum atomic E-state index is -3.74. The number of amides is 1. The summed E-state index contributed by atoms with van der Waals surface area (Å²) in [6.45, 7) is 1.37. The molecule has 5 rings (SSSR count). The van der Waals surface area contributed by atoms with Crippen LogP contribution in [0.5, 0.6) is 0 Å². The van der Waals surface area contributed by atoms with Crippen LogP contribution in [0.15, 0.2) is 94.1 Å². The standard InChI is InChI=1S/C28H25N5O5S/c29-18-22(28(34)30-19-25-9-5-13-38-25)16-23-20-33(24-7-2-1-3-8-24)31-27(23)21-6-4-10-26(17-21)39(35,36)32-11-14-37-15-12-32/h1-10,13,16-17,20H,11-12,14-15,19H2,(H,30,34)/b22-16+. The molecule has 1 saturated heterocycles. The molecule has 11 heteroatoms. The molecule has 1 N–H and O–H groups in total. The summed E-state index contributed by atoms with van der Waals surface area (Å²) >= 11 is 0. The van der Waals surface area contributed by atoms with Gasteiger partial charge in [-0.2, -0.15) is 14.7 Å². The van der Waals surface area contributed by atoms with E-state index in [0.717, 1.165) is 5.69 Å². The monoisotopic (exact) mass is 543 g/mol. The van der Waals surface area contributed by atoms with Gasteiger partial charge in [-0.3, -0.25) is 4.79 Å². The Balaban J connectivity index is 1.53. The first-order valence-electron chi connectivity index (χ1n) is 12.2. The number of nitrogens with one attached hydrogen (secondary N) is 1. The molecule has 1 aliphatic rings. The van der Waals surface area contributed by atoms with Crippen molar-refractivity contribution in [1.82, 2.24) is 19.4 Å². The Hall–Kier alpha value is -4.50. The molecule has 3 heterocycles. The van der Waals surface area contributed by atoms with Gasteiger partial charge in [0, 0.05) is 30.4 Å². The van der Waals surface area contributed by atoms with E-state index in [1.54, 1.807) is 47.3 Å². The van der Waals surface area contributed by atoms with E-state index < -0.39 is 15.9 Å². The summed E-state index contributed by atoms with van der Waals surface area (Å²) in [6, 6.07) is 21.2. The SMILES string of the molecule is N#C/C(=C\c1cn(-c2ccccc2)nc1-c1cccc(S(=O)(=O)N2CCOCC2)c1)C(=O)NCc1ccco1. The summed E-state index contributed by atoms with van der Waals surface area (Å²) in [5.41, 5.74) is 2.05. The van der Waals surface area contributed by atoms with Gasteiger partial charge >= 0.3 is 0 Å². The lowest BCUT2D eigenvalue weighted by Gasteiger charge is -2.26. The van der Waals surface area contributed by atoms with Crippen LogP contribution < -0.4 is 5.32 Å². The highest BCUT2D eigenvalue weighted by atomic mass is 32.2. The first-order chi connectivity index (χ1) is 19.0. The highest BCUT2D eigenvalue weighted by Crippen LogP contribution is 2.29. The molecule has 198 valence electrons. The molecule has 10 nitrogen and oxygen atoms in total. The topological polar surface area (TPSA) is 130 Å². The van der Waals surface area contributed by atoms with E-state index in [1.807, 2.05) is 36.4 Å². The second-order valence-electron chi connectivity index (χ2n) is 8.69. The second-order valence-corrected chi connectivity index (χ2v) is 10.6. The van der Waals surface area contributed by atoms with Gasteiger partial charge in [-0.25, -0.2) is 13.1 Å². The number of carbonyl (C=O) groups is 1. The Labute approximate surface area is 225 Å². The van der Waals surface area contributed by atoms with Crippen molar-refractivity contribution in [3.8, 4) is 23.0 Å². The number of furan rings is 1. The first kappa shape index (κ1) is 26.1. The lowest BCUT2D eigenvalue weighted by molar-refractivity contribution is -0.117. The zero-order chi connectivity index (χ0) is 27.2. The number of hydrogen-bond acceptors (Lipinski definition) is 7. The molecule has 0 atom stereocenters. The van der Waals surface area contributed by atoms with Crippen LogP contribution >= 0.6 is 0 Å². The maximum Gasteiger partial charge on any atom is 0.262 e. The van der Waals surface area contributed by atoms with Gasteiger partial charge in [0.2, 0.25) is 10.0 Å². The molecular formula is C28H25N5O5S. The highest BCUT2D eigenvalue weighted by Gasteiger charge is 2.27. The fourth-order valence-electron chi connectivity index (χ4n) is 4.15. The predicted molar refractivity (Wildman–Crippen MR) is 143 cm³/mol. The van der Waals surface area contributed by atoms with Gasteiger partial charge in [0.1, 0.15) is 23.1 Å². The molecule has 0 radical (unpaired) electrons. The number of nitriles is 1. The van der Waals surface area contributed by atoms with Crippen LogP contribution in [-0.2, 0) is 26.1 Å². The number of sulfonamides is 1. The van der Waals surface area contributed by atoms with Crippen LogP contribution in [0.1, 0.15) is 11.3 Å². The van der Waals surface area contributed by atoms with Gasteiger partial charge < -0.3 is 14.5 Å². The number of hydrogen-bond donors (Lipinski definition) is 1. The Morgan fingerprint density at radius 2 is 1.87 bits per heavy atom. The number of rotatable bonds is 8. The lowest BCUT2D eigenvalue weighted by Crippen LogP contribution is -2.40. The number of nitrogens with zero attached hydrogens (tertiary/aromatic N) is 4. The fourth-order valence-corrected chi connectivity index (χ4v) is 5.60. The average Bonchev–Trinajstić information content (AvgIpc) is 3.66. The van der Waals surface area contributed by atoms with Crippen molar-refractivity contribution in [3.63, 3.8) is 0 Å². The number of benzene rings is 2. The van der Waals surface area contributed by atoms with Crippen molar-refractivity contribution in [2.75, 3.05) is 26.3 Å². The van der Waals surface area contributed by atoms with E-state index in [0.29, 0.717) is 35.8 Å². The van der Waals surface area contributed by atoms with E-state index in [4.69, 9.17) is 14.3 Å². The third kappa shape index (κ3) is 5.83. The molecule has 1 fully saturated rings. The normalized spacial score (nSPS) is 14.6. The molecule has 2 aromatic heterocycles. The summed E-state index contributed by atoms with van der Waals surface area (Å²) in [6.07, 6.45) is 4.65. The summed E-state index contributed by atoms with van der Waals surface area (Å²) < 4.78 is 40.1. The molecule has 0 aliphatic carbocycles. The van der Waals surface area contributed by atoms with Crippen molar-refractivity contribution in [2.45, 2.75) is 11.4 Å². The van der Waals surface area contributed by atoms with Gasteiger partial charge in [0.25, 0.3) is 5.91 Å². The van der Waals surface area contributed by atoms with Crippen molar-refractivity contribution >= 4 is 22.0 Å². The highest BCUT2D eigenvalue weighted by molar-refractivity contribution is 7.89. The molecule has 39 heavy (non-hydrogen) atoms. The molecule has 0 saturated carbocycles. The molecule has 2 aromatic carbocycles. The number of ether oxygens (including phenoxy) is 1. The third-order valence-electron chi connectivity index (χ3n) is 6.15. The summed E-state index contributed by atoms with van der Waals surface area (Å²) in [5, 5.41) is 17.2. The Bertz CT molecular complexity index is 1630. The number of morpholine rings is 1.